The summed E-state index contributed by atoms with van der Waals surface area (Å²) in [6.45, 7) is 6.49. The van der Waals surface area contributed by atoms with Crippen molar-refractivity contribution in [1.82, 2.24) is 16.0 Å². The zero-order chi connectivity index (χ0) is 23.4. The Morgan fingerprint density at radius 1 is 0.967 bits per heavy atom. The summed E-state index contributed by atoms with van der Waals surface area (Å²) < 4.78 is 0. The first-order chi connectivity index (χ1) is 14.0. The highest BCUT2D eigenvalue weighted by atomic mass is 32.2. The van der Waals surface area contributed by atoms with Crippen LogP contribution in [0.1, 0.15) is 40.5 Å². The van der Waals surface area contributed by atoms with Crippen LogP contribution >= 0.6 is 11.8 Å². The van der Waals surface area contributed by atoms with Gasteiger partial charge in [-0.15, -0.1) is 0 Å². The maximum Gasteiger partial charge on any atom is 0.328 e. The number of nitrogens with one attached hydrogen (secondary N) is 3. The van der Waals surface area contributed by atoms with E-state index in [-0.39, 0.29) is 18.3 Å². The summed E-state index contributed by atoms with van der Waals surface area (Å²) in [6.07, 6.45) is 2.69. The van der Waals surface area contributed by atoms with Gasteiger partial charge in [0.05, 0.1) is 12.6 Å². The third-order valence-corrected chi connectivity index (χ3v) is 5.50. The lowest BCUT2D eigenvalue weighted by Gasteiger charge is -2.28. The van der Waals surface area contributed by atoms with Gasteiger partial charge in [-0.1, -0.05) is 34.1 Å². The van der Waals surface area contributed by atoms with Crippen molar-refractivity contribution < 1.29 is 29.4 Å². The van der Waals surface area contributed by atoms with Crippen LogP contribution in [0.4, 0.5) is 0 Å². The summed E-state index contributed by atoms with van der Waals surface area (Å²) in [5.41, 5.74) is 5.87. The zero-order valence-corrected chi connectivity index (χ0v) is 19.1. The molecule has 10 nitrogen and oxygen atoms in total. The summed E-state index contributed by atoms with van der Waals surface area (Å²) in [4.78, 5) is 48.9. The van der Waals surface area contributed by atoms with Crippen LogP contribution in [-0.4, -0.2) is 76.7 Å². The van der Waals surface area contributed by atoms with Gasteiger partial charge in [0.15, 0.2) is 0 Å². The second kappa shape index (κ2) is 14.2. The normalized spacial score (nSPS) is 16.1. The Balaban J connectivity index is 5.43. The molecule has 3 amide bonds. The van der Waals surface area contributed by atoms with E-state index in [4.69, 9.17) is 15.9 Å². The Morgan fingerprint density at radius 2 is 1.53 bits per heavy atom. The van der Waals surface area contributed by atoms with Crippen molar-refractivity contribution in [3.05, 3.63) is 0 Å². The van der Waals surface area contributed by atoms with Gasteiger partial charge in [-0.3, -0.25) is 14.4 Å². The number of carboxylic acid groups (broad SMARTS) is 1. The number of carbonyl (C=O) groups excluding carboxylic acids is 3. The molecule has 0 fully saturated rings. The zero-order valence-electron chi connectivity index (χ0n) is 18.3. The Hall–Kier alpha value is -1.85. The lowest BCUT2D eigenvalue weighted by molar-refractivity contribution is -0.143. The van der Waals surface area contributed by atoms with Gasteiger partial charge in [0, 0.05) is 0 Å². The number of hydrogen-bond acceptors (Lipinski definition) is 7. The smallest absolute Gasteiger partial charge is 0.328 e. The van der Waals surface area contributed by atoms with Crippen LogP contribution in [0.25, 0.3) is 0 Å². The molecule has 0 aromatic carbocycles. The van der Waals surface area contributed by atoms with Crippen molar-refractivity contribution in [3.8, 4) is 0 Å². The molecule has 174 valence electrons. The number of amides is 3. The fourth-order valence-corrected chi connectivity index (χ4v) is 2.95. The summed E-state index contributed by atoms with van der Waals surface area (Å²) in [5, 5.41) is 25.7. The van der Waals surface area contributed by atoms with Crippen LogP contribution in [-0.2, 0) is 19.2 Å². The molecule has 0 saturated heterocycles. The third kappa shape index (κ3) is 9.31. The van der Waals surface area contributed by atoms with Crippen molar-refractivity contribution in [2.45, 2.75) is 64.7 Å². The summed E-state index contributed by atoms with van der Waals surface area (Å²) >= 11 is 1.46. The number of nitrogens with two attached hydrogens (primary N) is 1. The highest BCUT2D eigenvalue weighted by Crippen LogP contribution is 2.11. The van der Waals surface area contributed by atoms with Gasteiger partial charge in [-0.25, -0.2) is 4.79 Å². The molecule has 0 bridgehead atoms. The fourth-order valence-electron chi connectivity index (χ4n) is 2.48. The van der Waals surface area contributed by atoms with Gasteiger partial charge in [0.2, 0.25) is 17.7 Å². The molecule has 5 atom stereocenters. The summed E-state index contributed by atoms with van der Waals surface area (Å²) in [7, 11) is 0. The molecule has 0 spiro atoms. The number of aliphatic carboxylic acids is 1. The minimum atomic E-state index is -1.47. The average Bonchev–Trinajstić information content (AvgIpc) is 2.70. The molecule has 0 heterocycles. The lowest BCUT2D eigenvalue weighted by Crippen LogP contribution is -2.59. The maximum atomic E-state index is 12.9. The predicted molar refractivity (Wildman–Crippen MR) is 116 cm³/mol. The van der Waals surface area contributed by atoms with Crippen LogP contribution in [0.2, 0.25) is 0 Å². The van der Waals surface area contributed by atoms with Gasteiger partial charge in [-0.05, 0) is 30.3 Å². The van der Waals surface area contributed by atoms with Crippen molar-refractivity contribution in [2.75, 3.05) is 18.6 Å². The molecule has 0 rings (SSSR count). The molecule has 0 aromatic heterocycles. The summed E-state index contributed by atoms with van der Waals surface area (Å²) in [6, 6.07) is -4.16. The van der Waals surface area contributed by atoms with Crippen LogP contribution in [0.3, 0.4) is 0 Å². The lowest BCUT2D eigenvalue weighted by atomic mass is 9.96. The first-order valence-electron chi connectivity index (χ1n) is 9.99. The monoisotopic (exact) mass is 448 g/mol. The Morgan fingerprint density at radius 3 is 1.97 bits per heavy atom. The van der Waals surface area contributed by atoms with E-state index in [1.807, 2.05) is 13.2 Å². The number of thioether (sulfide) groups is 1. The van der Waals surface area contributed by atoms with Gasteiger partial charge in [0.1, 0.15) is 18.1 Å². The Bertz CT molecular complexity index is 589. The van der Waals surface area contributed by atoms with E-state index >= 15 is 0 Å². The second-order valence-corrected chi connectivity index (χ2v) is 8.55. The minimum Gasteiger partial charge on any atom is -0.480 e. The molecule has 0 saturated carbocycles. The molecule has 11 heteroatoms. The molecule has 30 heavy (non-hydrogen) atoms. The highest BCUT2D eigenvalue weighted by Gasteiger charge is 2.32. The fraction of sp³-hybridized carbons (Fsp3) is 0.789. The number of hydrogen-bond donors (Lipinski definition) is 6. The van der Waals surface area contributed by atoms with Crippen molar-refractivity contribution in [1.29, 1.82) is 0 Å². The number of carbonyl (C=O) groups is 4. The Labute approximate surface area is 182 Å². The molecule has 0 aliphatic heterocycles. The van der Waals surface area contributed by atoms with Gasteiger partial charge >= 0.3 is 5.97 Å². The maximum absolute atomic E-state index is 12.9. The van der Waals surface area contributed by atoms with Crippen LogP contribution < -0.4 is 21.7 Å². The summed E-state index contributed by atoms with van der Waals surface area (Å²) in [5.74, 6) is -2.90. The first-order valence-corrected chi connectivity index (χ1v) is 11.4. The molecule has 0 aliphatic rings. The van der Waals surface area contributed by atoms with E-state index in [2.05, 4.69) is 16.0 Å². The number of carboxylic acids is 1. The van der Waals surface area contributed by atoms with E-state index < -0.39 is 54.5 Å². The molecule has 0 radical (unpaired) electrons. The first kappa shape index (κ1) is 28.1. The average molecular weight is 449 g/mol. The second-order valence-electron chi connectivity index (χ2n) is 7.57. The van der Waals surface area contributed by atoms with Crippen LogP contribution in [0, 0.1) is 11.8 Å². The Kier molecular flexibility index (Phi) is 13.3. The number of rotatable bonds is 14. The van der Waals surface area contributed by atoms with Crippen molar-refractivity contribution in [3.63, 3.8) is 0 Å². The molecule has 0 aliphatic carbocycles. The van der Waals surface area contributed by atoms with Gasteiger partial charge in [-0.2, -0.15) is 11.8 Å². The standard InChI is InChI=1S/C19H36N4O6S/c1-6-11(4)15(23-17(26)14(20)10(2)3)18(27)21-12(7-8-30-5)16(25)22-13(9-24)19(28)29/h10-15,24H,6-9,20H2,1-5H3,(H,21,27)(H,22,25)(H,23,26)(H,28,29). The quantitative estimate of drug-likeness (QED) is 0.202. The number of aliphatic hydroxyl groups excluding tert-OH is 1. The van der Waals surface area contributed by atoms with Crippen LogP contribution in [0.5, 0.6) is 0 Å². The predicted octanol–water partition coefficient (Wildman–Crippen LogP) is -0.700. The molecule has 0 aromatic rings. The molecule has 5 unspecified atom stereocenters. The van der Waals surface area contributed by atoms with Crippen molar-refractivity contribution in [2.24, 2.45) is 17.6 Å². The van der Waals surface area contributed by atoms with Crippen molar-refractivity contribution >= 4 is 35.5 Å². The van der Waals surface area contributed by atoms with E-state index in [9.17, 15) is 19.2 Å². The molecular weight excluding hydrogens is 412 g/mol. The van der Waals surface area contributed by atoms with Gasteiger partial charge in [0.25, 0.3) is 0 Å². The SMILES string of the molecule is CCC(C)C(NC(=O)C(N)C(C)C)C(=O)NC(CCSC)C(=O)NC(CO)C(=O)O. The third-order valence-electron chi connectivity index (χ3n) is 4.85. The van der Waals surface area contributed by atoms with E-state index in [0.717, 1.165) is 0 Å². The van der Waals surface area contributed by atoms with Gasteiger partial charge < -0.3 is 31.9 Å². The van der Waals surface area contributed by atoms with Crippen LogP contribution in [0.15, 0.2) is 0 Å². The van der Waals surface area contributed by atoms with E-state index in [0.29, 0.717) is 12.2 Å². The minimum absolute atomic E-state index is 0.114. The van der Waals surface area contributed by atoms with E-state index in [1.165, 1.54) is 11.8 Å². The van der Waals surface area contributed by atoms with E-state index in [1.54, 1.807) is 20.8 Å². The molecule has 7 N–H and O–H groups in total. The largest absolute Gasteiger partial charge is 0.480 e. The topological polar surface area (TPSA) is 171 Å². The number of aliphatic hydroxyl groups is 1. The molecular formula is C19H36N4O6S. The highest BCUT2D eigenvalue weighted by molar-refractivity contribution is 7.98.